The summed E-state index contributed by atoms with van der Waals surface area (Å²) in [6.07, 6.45) is -0.462. The average Bonchev–Trinajstić information content (AvgIpc) is 2.30. The van der Waals surface area contributed by atoms with Crippen molar-refractivity contribution < 1.29 is 19.5 Å². The van der Waals surface area contributed by atoms with Gasteiger partial charge in [-0.05, 0) is 19.1 Å². The first kappa shape index (κ1) is 14.5. The summed E-state index contributed by atoms with van der Waals surface area (Å²) in [5, 5.41) is 13.4. The van der Waals surface area contributed by atoms with Crippen molar-refractivity contribution in [3.05, 3.63) is 29.8 Å². The molecule has 0 aliphatic carbocycles. The van der Waals surface area contributed by atoms with Gasteiger partial charge in [0.1, 0.15) is 6.04 Å². The number of hydrogen-bond donors (Lipinski definition) is 4. The summed E-state index contributed by atoms with van der Waals surface area (Å²) in [4.78, 5) is 33.1. The molecule has 19 heavy (non-hydrogen) atoms. The number of anilines is 1. The van der Waals surface area contributed by atoms with Crippen LogP contribution in [0, 0.1) is 6.92 Å². The van der Waals surface area contributed by atoms with Crippen LogP contribution in [0.4, 0.5) is 10.5 Å². The van der Waals surface area contributed by atoms with E-state index in [1.165, 1.54) is 0 Å². The van der Waals surface area contributed by atoms with Crippen LogP contribution in [-0.2, 0) is 9.59 Å². The van der Waals surface area contributed by atoms with E-state index in [0.717, 1.165) is 5.56 Å². The van der Waals surface area contributed by atoms with Gasteiger partial charge in [0.05, 0.1) is 6.42 Å². The largest absolute Gasteiger partial charge is 0.480 e. The molecule has 0 spiro atoms. The maximum Gasteiger partial charge on any atom is 0.326 e. The van der Waals surface area contributed by atoms with Crippen LogP contribution in [0.1, 0.15) is 12.0 Å². The van der Waals surface area contributed by atoms with Crippen molar-refractivity contribution in [1.82, 2.24) is 5.32 Å². The summed E-state index contributed by atoms with van der Waals surface area (Å²) in [7, 11) is 0. The zero-order chi connectivity index (χ0) is 14.4. The number of nitrogens with one attached hydrogen (secondary N) is 2. The van der Waals surface area contributed by atoms with Crippen molar-refractivity contribution in [2.45, 2.75) is 19.4 Å². The Hall–Kier alpha value is -2.57. The van der Waals surface area contributed by atoms with Crippen LogP contribution in [0.25, 0.3) is 0 Å². The molecule has 0 aliphatic rings. The first-order chi connectivity index (χ1) is 8.88. The second-order valence-corrected chi connectivity index (χ2v) is 4.03. The fourth-order valence-corrected chi connectivity index (χ4v) is 1.36. The van der Waals surface area contributed by atoms with E-state index >= 15 is 0 Å². The van der Waals surface area contributed by atoms with E-state index in [9.17, 15) is 14.4 Å². The van der Waals surface area contributed by atoms with Crippen molar-refractivity contribution >= 4 is 23.6 Å². The number of carbonyl (C=O) groups is 3. The van der Waals surface area contributed by atoms with E-state index in [-0.39, 0.29) is 0 Å². The van der Waals surface area contributed by atoms with Crippen LogP contribution < -0.4 is 16.4 Å². The monoisotopic (exact) mass is 265 g/mol. The Balaban J connectivity index is 2.59. The Morgan fingerprint density at radius 3 is 2.32 bits per heavy atom. The van der Waals surface area contributed by atoms with Gasteiger partial charge in [-0.25, -0.2) is 9.59 Å². The van der Waals surface area contributed by atoms with Gasteiger partial charge in [0.25, 0.3) is 0 Å². The highest BCUT2D eigenvalue weighted by molar-refractivity contribution is 5.93. The van der Waals surface area contributed by atoms with Gasteiger partial charge < -0.3 is 21.5 Å². The molecule has 1 aromatic rings. The second kappa shape index (κ2) is 6.39. The fraction of sp³-hybridized carbons (Fsp3) is 0.250. The number of amides is 3. The van der Waals surface area contributed by atoms with Gasteiger partial charge in [0.15, 0.2) is 0 Å². The standard InChI is InChI=1S/C12H15N3O4/c1-7-2-4-8(5-3-7)14-12(19)15-9(11(17)18)6-10(13)16/h2-5,9H,6H2,1H3,(H2,13,16)(H,17,18)(H2,14,15,19). The Morgan fingerprint density at radius 2 is 1.84 bits per heavy atom. The molecule has 7 nitrogen and oxygen atoms in total. The summed E-state index contributed by atoms with van der Waals surface area (Å²) in [6, 6.07) is 4.90. The third-order valence-electron chi connectivity index (χ3n) is 2.32. The Kier molecular flexibility index (Phi) is 4.87. The van der Waals surface area contributed by atoms with E-state index in [1.54, 1.807) is 24.3 Å². The number of hydrogen-bond acceptors (Lipinski definition) is 3. The zero-order valence-electron chi connectivity index (χ0n) is 10.3. The van der Waals surface area contributed by atoms with E-state index in [1.807, 2.05) is 6.92 Å². The SMILES string of the molecule is Cc1ccc(NC(=O)NC(CC(N)=O)C(=O)O)cc1. The summed E-state index contributed by atoms with van der Waals surface area (Å²) in [5.41, 5.74) is 6.45. The van der Waals surface area contributed by atoms with Crippen molar-refractivity contribution in [2.24, 2.45) is 5.73 Å². The van der Waals surface area contributed by atoms with Crippen LogP contribution in [0.2, 0.25) is 0 Å². The number of aryl methyl sites for hydroxylation is 1. The smallest absolute Gasteiger partial charge is 0.326 e. The molecule has 102 valence electrons. The Morgan fingerprint density at radius 1 is 1.26 bits per heavy atom. The van der Waals surface area contributed by atoms with Crippen LogP contribution in [0.15, 0.2) is 24.3 Å². The van der Waals surface area contributed by atoms with E-state index < -0.39 is 30.4 Å². The number of aliphatic carboxylic acids is 1. The van der Waals surface area contributed by atoms with Crippen molar-refractivity contribution in [3.63, 3.8) is 0 Å². The van der Waals surface area contributed by atoms with Crippen molar-refractivity contribution in [2.75, 3.05) is 5.32 Å². The molecular weight excluding hydrogens is 250 g/mol. The van der Waals surface area contributed by atoms with Crippen LogP contribution in [-0.4, -0.2) is 29.1 Å². The van der Waals surface area contributed by atoms with Gasteiger partial charge in [0.2, 0.25) is 5.91 Å². The minimum absolute atomic E-state index is 0.462. The lowest BCUT2D eigenvalue weighted by Crippen LogP contribution is -2.45. The maximum absolute atomic E-state index is 11.6. The summed E-state index contributed by atoms with van der Waals surface area (Å²) in [5.74, 6) is -2.12. The molecule has 1 atom stereocenters. The fourth-order valence-electron chi connectivity index (χ4n) is 1.36. The summed E-state index contributed by atoms with van der Waals surface area (Å²) >= 11 is 0. The first-order valence-corrected chi connectivity index (χ1v) is 5.54. The molecule has 0 saturated carbocycles. The van der Waals surface area contributed by atoms with Crippen molar-refractivity contribution in [3.8, 4) is 0 Å². The summed E-state index contributed by atoms with van der Waals surface area (Å²) < 4.78 is 0. The van der Waals surface area contributed by atoms with Gasteiger partial charge in [-0.15, -0.1) is 0 Å². The van der Waals surface area contributed by atoms with Crippen molar-refractivity contribution in [1.29, 1.82) is 0 Å². The highest BCUT2D eigenvalue weighted by Gasteiger charge is 2.21. The predicted molar refractivity (Wildman–Crippen MR) is 68.6 cm³/mol. The molecule has 0 saturated heterocycles. The number of urea groups is 1. The first-order valence-electron chi connectivity index (χ1n) is 5.54. The molecule has 0 fully saturated rings. The van der Waals surface area contributed by atoms with Crippen LogP contribution in [0.5, 0.6) is 0 Å². The van der Waals surface area contributed by atoms with E-state index in [2.05, 4.69) is 10.6 Å². The number of primary amides is 1. The Labute approximate surface area is 109 Å². The van der Waals surface area contributed by atoms with E-state index in [0.29, 0.717) is 5.69 Å². The molecule has 0 aliphatic heterocycles. The quantitative estimate of drug-likeness (QED) is 0.617. The van der Waals surface area contributed by atoms with Gasteiger partial charge in [-0.1, -0.05) is 17.7 Å². The van der Waals surface area contributed by atoms with Gasteiger partial charge in [-0.2, -0.15) is 0 Å². The molecule has 1 unspecified atom stereocenters. The molecule has 7 heteroatoms. The molecule has 3 amide bonds. The molecule has 0 heterocycles. The molecule has 5 N–H and O–H groups in total. The topological polar surface area (TPSA) is 122 Å². The number of nitrogens with two attached hydrogens (primary N) is 1. The van der Waals surface area contributed by atoms with Gasteiger partial charge in [-0.3, -0.25) is 4.79 Å². The summed E-state index contributed by atoms with van der Waals surface area (Å²) in [6.45, 7) is 1.90. The minimum Gasteiger partial charge on any atom is -0.480 e. The molecule has 0 radical (unpaired) electrons. The molecule has 1 aromatic carbocycles. The lowest BCUT2D eigenvalue weighted by atomic mass is 10.2. The third-order valence-corrected chi connectivity index (χ3v) is 2.32. The third kappa shape index (κ3) is 5.07. The minimum atomic E-state index is -1.34. The molecule has 1 rings (SSSR count). The number of carboxylic acid groups (broad SMARTS) is 1. The number of benzene rings is 1. The normalized spacial score (nSPS) is 11.4. The van der Waals surface area contributed by atoms with Crippen LogP contribution >= 0.6 is 0 Å². The molecule has 0 aromatic heterocycles. The molecule has 0 bridgehead atoms. The van der Waals surface area contributed by atoms with Gasteiger partial charge in [0, 0.05) is 5.69 Å². The highest BCUT2D eigenvalue weighted by atomic mass is 16.4. The molecular formula is C12H15N3O4. The number of carbonyl (C=O) groups excluding carboxylic acids is 2. The van der Waals surface area contributed by atoms with E-state index in [4.69, 9.17) is 10.8 Å². The predicted octanol–water partition coefficient (Wildman–Crippen LogP) is 0.445. The zero-order valence-corrected chi connectivity index (χ0v) is 10.3. The Bertz CT molecular complexity index is 484. The average molecular weight is 265 g/mol. The van der Waals surface area contributed by atoms with Gasteiger partial charge >= 0.3 is 12.0 Å². The maximum atomic E-state index is 11.6. The lowest BCUT2D eigenvalue weighted by Gasteiger charge is -2.13. The number of carboxylic acids is 1. The number of rotatable bonds is 5. The van der Waals surface area contributed by atoms with Crippen LogP contribution in [0.3, 0.4) is 0 Å². The lowest BCUT2D eigenvalue weighted by molar-refractivity contribution is -0.140. The highest BCUT2D eigenvalue weighted by Crippen LogP contribution is 2.08. The second-order valence-electron chi connectivity index (χ2n) is 4.03.